The van der Waals surface area contributed by atoms with Crippen molar-refractivity contribution in [2.24, 2.45) is 0 Å². The lowest BCUT2D eigenvalue weighted by Gasteiger charge is -2.25. The number of aromatic nitrogens is 3. The lowest BCUT2D eigenvalue weighted by molar-refractivity contribution is 0.0849. The minimum atomic E-state index is -0.689. The Balaban J connectivity index is 1.51. The monoisotopic (exact) mass is 444 g/mol. The molecule has 0 aliphatic carbocycles. The van der Waals surface area contributed by atoms with E-state index in [9.17, 15) is 14.0 Å². The summed E-state index contributed by atoms with van der Waals surface area (Å²) in [4.78, 5) is 40.9. The summed E-state index contributed by atoms with van der Waals surface area (Å²) in [5.74, 6) is -1.80. The van der Waals surface area contributed by atoms with Crippen molar-refractivity contribution >= 4 is 39.3 Å². The van der Waals surface area contributed by atoms with Crippen molar-refractivity contribution in [2.75, 3.05) is 31.2 Å². The SMILES string of the molecule is Cc1nc2cc(F)cc(C(=O)NNC(=O)c3sc(N4CCOCC4)nc3C)c2nc1C. The summed E-state index contributed by atoms with van der Waals surface area (Å²) in [6, 6.07) is 2.29. The number of nitrogens with one attached hydrogen (secondary N) is 2. The van der Waals surface area contributed by atoms with E-state index in [1.807, 2.05) is 0 Å². The maximum Gasteiger partial charge on any atom is 0.281 e. The molecule has 2 N–H and O–H groups in total. The van der Waals surface area contributed by atoms with Crippen LogP contribution in [0.2, 0.25) is 0 Å². The molecule has 0 spiro atoms. The predicted octanol–water partition coefficient (Wildman–Crippen LogP) is 2.06. The van der Waals surface area contributed by atoms with Gasteiger partial charge in [0.1, 0.15) is 16.2 Å². The fraction of sp³-hybridized carbons (Fsp3) is 0.350. The molecule has 0 atom stereocenters. The van der Waals surface area contributed by atoms with Crippen molar-refractivity contribution in [2.45, 2.75) is 20.8 Å². The molecule has 1 aliphatic rings. The fourth-order valence-electron chi connectivity index (χ4n) is 3.19. The first-order valence-corrected chi connectivity index (χ1v) is 10.5. The number of thiazole rings is 1. The van der Waals surface area contributed by atoms with E-state index in [1.54, 1.807) is 20.8 Å². The van der Waals surface area contributed by atoms with Gasteiger partial charge in [-0.15, -0.1) is 0 Å². The van der Waals surface area contributed by atoms with Gasteiger partial charge in [-0.3, -0.25) is 20.4 Å². The quantitative estimate of drug-likeness (QED) is 0.595. The van der Waals surface area contributed by atoms with Crippen molar-refractivity contribution in [1.82, 2.24) is 25.8 Å². The van der Waals surface area contributed by atoms with Crippen LogP contribution in [0, 0.1) is 26.6 Å². The molecule has 1 saturated heterocycles. The molecule has 3 heterocycles. The molecule has 0 bridgehead atoms. The van der Waals surface area contributed by atoms with Crippen LogP contribution in [0.5, 0.6) is 0 Å². The molecule has 9 nitrogen and oxygen atoms in total. The molecule has 0 saturated carbocycles. The number of nitrogens with zero attached hydrogens (tertiary/aromatic N) is 4. The minimum Gasteiger partial charge on any atom is -0.378 e. The molecule has 2 amide bonds. The van der Waals surface area contributed by atoms with Crippen LogP contribution < -0.4 is 15.8 Å². The number of hydrogen-bond acceptors (Lipinski definition) is 8. The summed E-state index contributed by atoms with van der Waals surface area (Å²) in [6.07, 6.45) is 0. The third kappa shape index (κ3) is 4.32. The van der Waals surface area contributed by atoms with Gasteiger partial charge in [0.2, 0.25) is 0 Å². The number of benzene rings is 1. The van der Waals surface area contributed by atoms with E-state index in [-0.39, 0.29) is 16.6 Å². The van der Waals surface area contributed by atoms with Gasteiger partial charge in [-0.1, -0.05) is 11.3 Å². The number of carbonyl (C=O) groups excluding carboxylic acids is 2. The highest BCUT2D eigenvalue weighted by Crippen LogP contribution is 2.26. The van der Waals surface area contributed by atoms with Gasteiger partial charge in [-0.05, 0) is 26.8 Å². The lowest BCUT2D eigenvalue weighted by Crippen LogP contribution is -2.41. The van der Waals surface area contributed by atoms with Gasteiger partial charge in [0.05, 0.1) is 41.4 Å². The van der Waals surface area contributed by atoms with Crippen LogP contribution in [0.4, 0.5) is 9.52 Å². The first kappa shape index (κ1) is 21.1. The van der Waals surface area contributed by atoms with Crippen LogP contribution in [0.1, 0.15) is 37.1 Å². The molecule has 162 valence electrons. The molecular formula is C20H21FN6O3S. The number of ether oxygens (including phenoxy) is 1. The number of carbonyl (C=O) groups is 2. The molecule has 4 rings (SSSR count). The number of aryl methyl sites for hydroxylation is 3. The van der Waals surface area contributed by atoms with Gasteiger partial charge < -0.3 is 9.64 Å². The summed E-state index contributed by atoms with van der Waals surface area (Å²) in [5.41, 5.74) is 7.09. The zero-order chi connectivity index (χ0) is 22.1. The minimum absolute atomic E-state index is 0.0130. The van der Waals surface area contributed by atoms with Gasteiger partial charge in [0.15, 0.2) is 5.13 Å². The fourth-order valence-corrected chi connectivity index (χ4v) is 4.21. The summed E-state index contributed by atoms with van der Waals surface area (Å²) in [7, 11) is 0. The Bertz CT molecular complexity index is 1180. The molecular weight excluding hydrogens is 423 g/mol. The van der Waals surface area contributed by atoms with E-state index in [1.165, 1.54) is 17.4 Å². The van der Waals surface area contributed by atoms with Crippen molar-refractivity contribution in [3.63, 3.8) is 0 Å². The van der Waals surface area contributed by atoms with Crippen LogP contribution in [-0.4, -0.2) is 53.1 Å². The molecule has 2 aromatic heterocycles. The molecule has 1 aliphatic heterocycles. The predicted molar refractivity (Wildman–Crippen MR) is 114 cm³/mol. The van der Waals surface area contributed by atoms with Crippen molar-refractivity contribution in [1.29, 1.82) is 0 Å². The third-order valence-corrected chi connectivity index (χ3v) is 6.17. The van der Waals surface area contributed by atoms with E-state index in [4.69, 9.17) is 4.74 Å². The maximum atomic E-state index is 14.0. The second-order valence-electron chi connectivity index (χ2n) is 7.13. The van der Waals surface area contributed by atoms with E-state index >= 15 is 0 Å². The van der Waals surface area contributed by atoms with Gasteiger partial charge >= 0.3 is 0 Å². The number of amides is 2. The normalized spacial score (nSPS) is 14.0. The number of hydrogen-bond donors (Lipinski definition) is 2. The Hall–Kier alpha value is -3.18. The number of anilines is 1. The summed E-state index contributed by atoms with van der Waals surface area (Å²) >= 11 is 1.24. The average Bonchev–Trinajstić information content (AvgIpc) is 3.15. The average molecular weight is 444 g/mol. The van der Waals surface area contributed by atoms with E-state index in [0.29, 0.717) is 48.3 Å². The van der Waals surface area contributed by atoms with Crippen molar-refractivity contribution < 1.29 is 18.7 Å². The summed E-state index contributed by atoms with van der Waals surface area (Å²) in [5, 5.41) is 0.731. The number of hydrazine groups is 1. The molecule has 1 aromatic carbocycles. The topological polar surface area (TPSA) is 109 Å². The molecule has 3 aromatic rings. The number of halogens is 1. The van der Waals surface area contributed by atoms with Gasteiger partial charge in [-0.25, -0.2) is 19.3 Å². The Kier molecular flexibility index (Phi) is 5.79. The Morgan fingerprint density at radius 1 is 1.00 bits per heavy atom. The maximum absolute atomic E-state index is 14.0. The van der Waals surface area contributed by atoms with Crippen LogP contribution in [-0.2, 0) is 4.74 Å². The standard InChI is InChI=1S/C20H21FN6O3S/c1-10-11(2)23-16-14(8-13(21)9-15(16)22-10)18(28)25-26-19(29)17-12(3)24-20(31-17)27-4-6-30-7-5-27/h8-9H,4-7H2,1-3H3,(H,25,28)(H,26,29). The first-order valence-electron chi connectivity index (χ1n) is 9.69. The zero-order valence-electron chi connectivity index (χ0n) is 17.3. The number of morpholine rings is 1. The second kappa shape index (κ2) is 8.52. The second-order valence-corrected chi connectivity index (χ2v) is 8.11. The summed E-state index contributed by atoms with van der Waals surface area (Å²) in [6.45, 7) is 7.88. The first-order chi connectivity index (χ1) is 14.8. The number of fused-ring (bicyclic) bond motifs is 1. The Morgan fingerprint density at radius 3 is 2.42 bits per heavy atom. The van der Waals surface area contributed by atoms with Crippen LogP contribution in [0.3, 0.4) is 0 Å². The number of rotatable bonds is 3. The summed E-state index contributed by atoms with van der Waals surface area (Å²) < 4.78 is 19.4. The highest BCUT2D eigenvalue weighted by molar-refractivity contribution is 7.17. The van der Waals surface area contributed by atoms with Gasteiger partial charge in [-0.2, -0.15) is 0 Å². The Morgan fingerprint density at radius 2 is 1.68 bits per heavy atom. The van der Waals surface area contributed by atoms with E-state index in [0.717, 1.165) is 11.2 Å². The zero-order valence-corrected chi connectivity index (χ0v) is 18.1. The van der Waals surface area contributed by atoms with Crippen LogP contribution >= 0.6 is 11.3 Å². The van der Waals surface area contributed by atoms with Crippen LogP contribution in [0.15, 0.2) is 12.1 Å². The Labute approximate surface area is 181 Å². The van der Waals surface area contributed by atoms with E-state index in [2.05, 4.69) is 30.7 Å². The molecule has 1 fully saturated rings. The largest absolute Gasteiger partial charge is 0.378 e. The van der Waals surface area contributed by atoms with Gasteiger partial charge in [0.25, 0.3) is 11.8 Å². The van der Waals surface area contributed by atoms with Crippen molar-refractivity contribution in [3.05, 3.63) is 45.5 Å². The van der Waals surface area contributed by atoms with Crippen molar-refractivity contribution in [3.8, 4) is 0 Å². The van der Waals surface area contributed by atoms with Gasteiger partial charge in [0, 0.05) is 19.2 Å². The van der Waals surface area contributed by atoms with E-state index < -0.39 is 17.6 Å². The highest BCUT2D eigenvalue weighted by Gasteiger charge is 2.22. The molecule has 11 heteroatoms. The third-order valence-electron chi connectivity index (χ3n) is 4.95. The molecule has 31 heavy (non-hydrogen) atoms. The highest BCUT2D eigenvalue weighted by atomic mass is 32.1. The van der Waals surface area contributed by atoms with Crippen LogP contribution in [0.25, 0.3) is 11.0 Å². The molecule has 0 radical (unpaired) electrons. The smallest absolute Gasteiger partial charge is 0.281 e. The lowest BCUT2D eigenvalue weighted by atomic mass is 10.1. The molecule has 0 unspecified atom stereocenters.